The monoisotopic (exact) mass is 1110 g/mol. The molecule has 6 aromatic rings. The lowest BCUT2D eigenvalue weighted by molar-refractivity contribution is -0.144. The summed E-state index contributed by atoms with van der Waals surface area (Å²) in [5, 5.41) is 32.2. The number of phenols is 1. The molecule has 10 rings (SSSR count). The number of rotatable bonds is 18. The number of aliphatic hydroxyl groups is 1. The van der Waals surface area contributed by atoms with Gasteiger partial charge < -0.3 is 45.4 Å². The topological polar surface area (TPSA) is 208 Å². The predicted octanol–water partition coefficient (Wildman–Crippen LogP) is 7.44. The number of β-amino-alcohol motifs (C(OH)–C–C–N with tert-alkyl or cyclic N) is 1. The highest BCUT2D eigenvalue weighted by molar-refractivity contribution is 6.03. The van der Waals surface area contributed by atoms with Crippen molar-refractivity contribution in [3.8, 4) is 46.5 Å². The van der Waals surface area contributed by atoms with E-state index in [2.05, 4.69) is 46.6 Å². The van der Waals surface area contributed by atoms with Crippen LogP contribution in [0.2, 0.25) is 0 Å². The molecule has 19 heteroatoms. The second-order valence-corrected chi connectivity index (χ2v) is 23.3. The number of carbonyl (C=O) groups is 3. The number of phenolic OH excluding ortho intramolecular Hbond substituents is 1. The third kappa shape index (κ3) is 12.3. The average molecular weight is 1110 g/mol. The summed E-state index contributed by atoms with van der Waals surface area (Å²) in [7, 11) is 0. The van der Waals surface area contributed by atoms with Gasteiger partial charge in [0.05, 0.1) is 29.7 Å². The molecule has 4 aliphatic rings. The summed E-state index contributed by atoms with van der Waals surface area (Å²) in [5.74, 6) is 0.110. The zero-order valence-electron chi connectivity index (χ0n) is 46.9. The molecule has 7 atom stereocenters. The number of hydrogen-bond acceptors (Lipinski definition) is 14. The van der Waals surface area contributed by atoms with E-state index < -0.39 is 41.1 Å². The summed E-state index contributed by atoms with van der Waals surface area (Å²) in [6, 6.07) is 13.7. The first-order chi connectivity index (χ1) is 38.8. The number of terminal acetylenes is 1. The van der Waals surface area contributed by atoms with Crippen molar-refractivity contribution in [1.82, 2.24) is 45.7 Å². The number of halogens is 2. The Labute approximate surface area is 471 Å². The highest BCUT2D eigenvalue weighted by Gasteiger charge is 2.45. The Kier molecular flexibility index (Phi) is 16.8. The first-order valence-electron chi connectivity index (χ1n) is 28.2. The van der Waals surface area contributed by atoms with E-state index in [1.54, 1.807) is 6.20 Å². The van der Waals surface area contributed by atoms with Crippen LogP contribution in [0.3, 0.4) is 0 Å². The molecule has 0 aliphatic carbocycles. The number of aliphatic hydroxyl groups excluding tert-OH is 1. The number of aromatic hydroxyl groups is 1. The lowest BCUT2D eigenvalue weighted by Crippen LogP contribution is -2.58. The molecule has 17 nitrogen and oxygen atoms in total. The lowest BCUT2D eigenvalue weighted by atomic mass is 9.85. The van der Waals surface area contributed by atoms with Crippen LogP contribution in [-0.2, 0) is 19.1 Å². The number of piperazine rings is 1. The third-order valence-corrected chi connectivity index (χ3v) is 16.4. The highest BCUT2D eigenvalue weighted by atomic mass is 19.1. The number of hydrogen-bond donors (Lipinski definition) is 5. The SMILES string of the molecule is C#Cc1c(F)ccc2cc(O)cc(-c3ncc4c(N5CC6CCC(C5)N6)nc(OC[C@@H]5CCCN5CCCOCCC(=O)N[C@H](C(=O)N5C[C@H](O)C[C@H]5C(=O)N[C@@H](C)c5ccc(-c6c(C)ccnc6C)cc5)C(C)(C)C)nc4c3F)c12. The van der Waals surface area contributed by atoms with E-state index in [1.807, 2.05) is 71.9 Å². The number of nitrogens with one attached hydrogen (secondary N) is 3. The van der Waals surface area contributed by atoms with E-state index in [1.165, 1.54) is 35.4 Å². The molecule has 7 heterocycles. The fraction of sp³-hybridized carbons (Fsp3) is 0.468. The van der Waals surface area contributed by atoms with Crippen LogP contribution in [-0.4, -0.2) is 147 Å². The van der Waals surface area contributed by atoms with E-state index in [-0.39, 0.29) is 108 Å². The van der Waals surface area contributed by atoms with Crippen LogP contribution >= 0.6 is 0 Å². The van der Waals surface area contributed by atoms with Gasteiger partial charge in [0.15, 0.2) is 5.82 Å². The van der Waals surface area contributed by atoms with Gasteiger partial charge in [-0.1, -0.05) is 57.0 Å². The quantitative estimate of drug-likeness (QED) is 0.0419. The maximum absolute atomic E-state index is 17.1. The number of carbonyl (C=O) groups excluding carboxylic acids is 3. The fourth-order valence-electron chi connectivity index (χ4n) is 12.2. The van der Waals surface area contributed by atoms with Crippen LogP contribution in [0, 0.1) is 43.2 Å². The molecule has 5 N–H and O–H groups in total. The number of aromatic nitrogens is 4. The molecular weight excluding hydrogens is 1030 g/mol. The normalized spacial score (nSPS) is 20.9. The van der Waals surface area contributed by atoms with Gasteiger partial charge in [-0.2, -0.15) is 9.97 Å². The standard InChI is InChI=1S/C62H72F2N10O7/c1-8-46-49(63)19-16-40-27-44(75)28-47(53(40)46)55-54(64)56-48(30-66-55)58(73-31-41-17-18-42(32-73)68-41)71-61(70-56)81-34-43-11-9-23-72(43)24-10-25-80-26-21-51(77)69-57(62(5,6)7)60(79)74-33-45(76)29-50(74)59(78)67-36(3)38-12-14-39(15-13-38)52-35(2)20-22-65-37(52)4/h1,12-16,19-20,22,27-28,30,36,41-43,45,50,57,68,75-76H,9-11,17-18,21,23-26,29,31-34H2,2-7H3,(H,67,78)(H,69,77)/t36-,41?,42?,43-,45+,50-,57+/m0/s1. The summed E-state index contributed by atoms with van der Waals surface area (Å²) in [5.41, 5.74) is 4.19. The van der Waals surface area contributed by atoms with Gasteiger partial charge in [-0.05, 0) is 111 Å². The van der Waals surface area contributed by atoms with Crippen molar-refractivity contribution < 1.29 is 42.9 Å². The van der Waals surface area contributed by atoms with Crippen LogP contribution in [0.5, 0.6) is 11.8 Å². The molecule has 0 saturated carbocycles. The minimum absolute atomic E-state index is 0.0120. The number of likely N-dealkylation sites (tertiary alicyclic amines) is 2. The summed E-state index contributed by atoms with van der Waals surface area (Å²) in [6.07, 6.45) is 12.8. The number of pyridine rings is 2. The van der Waals surface area contributed by atoms with Gasteiger partial charge in [0.2, 0.25) is 17.7 Å². The van der Waals surface area contributed by atoms with Crippen molar-refractivity contribution in [2.75, 3.05) is 57.4 Å². The predicted molar refractivity (Wildman–Crippen MR) is 305 cm³/mol. The first-order valence-corrected chi connectivity index (χ1v) is 28.2. The molecule has 2 unspecified atom stereocenters. The number of anilines is 1. The zero-order chi connectivity index (χ0) is 57.3. The van der Waals surface area contributed by atoms with E-state index in [0.29, 0.717) is 49.3 Å². The fourth-order valence-corrected chi connectivity index (χ4v) is 12.2. The first kappa shape index (κ1) is 56.9. The average Bonchev–Trinajstić information content (AvgIpc) is 4.13. The number of ether oxygens (including phenoxy) is 2. The van der Waals surface area contributed by atoms with Crippen LogP contribution < -0.4 is 25.6 Å². The second kappa shape index (κ2) is 24.0. The van der Waals surface area contributed by atoms with Crippen molar-refractivity contribution in [1.29, 1.82) is 0 Å². The second-order valence-electron chi connectivity index (χ2n) is 23.3. The number of nitrogens with zero attached hydrogens (tertiary/aromatic N) is 7. The Morgan fingerprint density at radius 3 is 2.46 bits per heavy atom. The highest BCUT2D eigenvalue weighted by Crippen LogP contribution is 2.40. The van der Waals surface area contributed by atoms with Gasteiger partial charge in [0.1, 0.15) is 47.3 Å². The van der Waals surface area contributed by atoms with Gasteiger partial charge in [-0.3, -0.25) is 29.3 Å². The van der Waals surface area contributed by atoms with E-state index in [9.17, 15) is 24.6 Å². The van der Waals surface area contributed by atoms with Crippen molar-refractivity contribution in [2.24, 2.45) is 5.41 Å². The molecule has 3 aromatic heterocycles. The third-order valence-electron chi connectivity index (χ3n) is 16.4. The number of fused-ring (bicyclic) bond motifs is 4. The van der Waals surface area contributed by atoms with Crippen LogP contribution in [0.25, 0.3) is 44.1 Å². The Morgan fingerprint density at radius 2 is 1.73 bits per heavy atom. The minimum atomic E-state index is -0.970. The molecule has 0 spiro atoms. The Bertz CT molecular complexity index is 3360. The minimum Gasteiger partial charge on any atom is -0.508 e. The Hall–Kier alpha value is -7.37. The van der Waals surface area contributed by atoms with E-state index in [0.717, 1.165) is 60.2 Å². The molecule has 3 aromatic carbocycles. The summed E-state index contributed by atoms with van der Waals surface area (Å²) < 4.78 is 44.5. The van der Waals surface area contributed by atoms with Crippen molar-refractivity contribution in [3.63, 3.8) is 0 Å². The van der Waals surface area contributed by atoms with Gasteiger partial charge in [-0.25, -0.2) is 8.78 Å². The van der Waals surface area contributed by atoms with Gasteiger partial charge in [0.25, 0.3) is 0 Å². The molecule has 81 heavy (non-hydrogen) atoms. The number of amides is 3. The van der Waals surface area contributed by atoms with Crippen LogP contribution in [0.15, 0.2) is 67.0 Å². The molecular formula is C62H72F2N10O7. The summed E-state index contributed by atoms with van der Waals surface area (Å²) in [4.78, 5) is 66.0. The van der Waals surface area contributed by atoms with Gasteiger partial charge >= 0.3 is 6.01 Å². The van der Waals surface area contributed by atoms with Crippen molar-refractivity contribution >= 4 is 45.2 Å². The van der Waals surface area contributed by atoms with Crippen molar-refractivity contribution in [3.05, 3.63) is 101 Å². The molecule has 0 radical (unpaired) electrons. The molecule has 4 fully saturated rings. The molecule has 4 saturated heterocycles. The van der Waals surface area contributed by atoms with Gasteiger partial charge in [-0.15, -0.1) is 6.42 Å². The molecule has 4 aliphatic heterocycles. The van der Waals surface area contributed by atoms with Crippen LogP contribution in [0.4, 0.5) is 14.6 Å². The van der Waals surface area contributed by atoms with Gasteiger partial charge in [0, 0.05) is 98.4 Å². The maximum Gasteiger partial charge on any atom is 0.319 e. The molecule has 3 amide bonds. The van der Waals surface area contributed by atoms with E-state index >= 15 is 8.78 Å². The maximum atomic E-state index is 17.1. The summed E-state index contributed by atoms with van der Waals surface area (Å²) >= 11 is 0. The molecule has 426 valence electrons. The largest absolute Gasteiger partial charge is 0.508 e. The Morgan fingerprint density at radius 1 is 0.963 bits per heavy atom. The Balaban J connectivity index is 0.732. The van der Waals surface area contributed by atoms with E-state index in [4.69, 9.17) is 20.9 Å². The smallest absolute Gasteiger partial charge is 0.319 e. The van der Waals surface area contributed by atoms with Crippen molar-refractivity contribution in [2.45, 2.75) is 129 Å². The number of aryl methyl sites for hydroxylation is 2. The number of benzene rings is 3. The van der Waals surface area contributed by atoms with Crippen LogP contribution in [0.1, 0.15) is 101 Å². The summed E-state index contributed by atoms with van der Waals surface area (Å²) in [6.45, 7) is 15.0. The zero-order valence-corrected chi connectivity index (χ0v) is 46.9. The molecule has 2 bridgehead atoms. The lowest BCUT2D eigenvalue weighted by Gasteiger charge is -2.35.